The maximum absolute atomic E-state index is 12.6. The van der Waals surface area contributed by atoms with Crippen molar-refractivity contribution in [2.75, 3.05) is 0 Å². The van der Waals surface area contributed by atoms with Gasteiger partial charge in [-0.3, -0.25) is 4.79 Å². The average molecular weight is 399 g/mol. The van der Waals surface area contributed by atoms with Crippen molar-refractivity contribution in [3.63, 3.8) is 0 Å². The van der Waals surface area contributed by atoms with Gasteiger partial charge in [-0.15, -0.1) is 0 Å². The SMILES string of the molecule is CC(C(=O)O)N(C(=O)c1cc(COc2c(Cl)cccc2Cl)on1)C1CC1. The standard InChI is InChI=1S/C17H16Cl2N2O5/c1-9(17(23)24)21(10-5-6-10)16(22)14-7-11(26-20-14)8-25-15-12(18)3-2-4-13(15)19/h2-4,7,9-10H,5-6,8H2,1H3,(H,23,24). The summed E-state index contributed by atoms with van der Waals surface area (Å²) < 4.78 is 10.7. The molecule has 0 saturated heterocycles. The fraction of sp³-hybridized carbons (Fsp3) is 0.353. The number of carboxylic acid groups (broad SMARTS) is 1. The van der Waals surface area contributed by atoms with Crippen molar-refractivity contribution in [1.29, 1.82) is 0 Å². The van der Waals surface area contributed by atoms with Crippen molar-refractivity contribution < 1.29 is 24.0 Å². The predicted molar refractivity (Wildman–Crippen MR) is 93.6 cm³/mol. The molecule has 1 atom stereocenters. The quantitative estimate of drug-likeness (QED) is 0.764. The molecule has 9 heteroatoms. The number of hydrogen-bond donors (Lipinski definition) is 1. The van der Waals surface area contributed by atoms with Gasteiger partial charge >= 0.3 is 5.97 Å². The molecule has 1 aromatic carbocycles. The van der Waals surface area contributed by atoms with Gasteiger partial charge in [0.2, 0.25) is 0 Å². The van der Waals surface area contributed by atoms with Crippen LogP contribution in [0.1, 0.15) is 36.0 Å². The van der Waals surface area contributed by atoms with Gasteiger partial charge in [0.25, 0.3) is 5.91 Å². The van der Waals surface area contributed by atoms with Crippen molar-refractivity contribution in [2.45, 2.75) is 38.5 Å². The van der Waals surface area contributed by atoms with E-state index in [9.17, 15) is 14.7 Å². The summed E-state index contributed by atoms with van der Waals surface area (Å²) in [5, 5.41) is 13.7. The lowest BCUT2D eigenvalue weighted by Gasteiger charge is -2.25. The van der Waals surface area contributed by atoms with Gasteiger partial charge in [-0.1, -0.05) is 34.4 Å². The molecule has 1 fully saturated rings. The lowest BCUT2D eigenvalue weighted by atomic mass is 10.2. The van der Waals surface area contributed by atoms with E-state index in [2.05, 4.69) is 5.16 Å². The Labute approximate surface area is 159 Å². The molecule has 1 heterocycles. The molecule has 1 saturated carbocycles. The Morgan fingerprint density at radius 3 is 2.62 bits per heavy atom. The Balaban J connectivity index is 1.71. The van der Waals surface area contributed by atoms with Crippen LogP contribution in [0.15, 0.2) is 28.8 Å². The second-order valence-corrected chi connectivity index (χ2v) is 6.79. The van der Waals surface area contributed by atoms with Crippen LogP contribution in [0.5, 0.6) is 5.75 Å². The Bertz CT molecular complexity index is 814. The number of aliphatic carboxylic acids is 1. The molecule has 1 aliphatic rings. The summed E-state index contributed by atoms with van der Waals surface area (Å²) in [6, 6.07) is 5.38. The van der Waals surface area contributed by atoms with Gasteiger partial charge in [-0.05, 0) is 31.9 Å². The van der Waals surface area contributed by atoms with Crippen molar-refractivity contribution in [1.82, 2.24) is 10.1 Å². The molecule has 2 aromatic rings. The Morgan fingerprint density at radius 1 is 1.38 bits per heavy atom. The van der Waals surface area contributed by atoms with E-state index in [1.54, 1.807) is 18.2 Å². The largest absolute Gasteiger partial charge is 0.482 e. The predicted octanol–water partition coefficient (Wildman–Crippen LogP) is 3.64. The first-order valence-electron chi connectivity index (χ1n) is 7.96. The van der Waals surface area contributed by atoms with Crippen molar-refractivity contribution in [3.8, 4) is 5.75 Å². The van der Waals surface area contributed by atoms with Crippen LogP contribution in [0.2, 0.25) is 10.0 Å². The molecule has 1 unspecified atom stereocenters. The number of hydrogen-bond acceptors (Lipinski definition) is 5. The zero-order valence-electron chi connectivity index (χ0n) is 13.8. The van der Waals surface area contributed by atoms with Crippen LogP contribution in [0, 0.1) is 0 Å². The van der Waals surface area contributed by atoms with Crippen molar-refractivity contribution >= 4 is 35.1 Å². The molecule has 1 aliphatic carbocycles. The van der Waals surface area contributed by atoms with Gasteiger partial charge in [0.1, 0.15) is 12.6 Å². The summed E-state index contributed by atoms with van der Waals surface area (Å²) in [6.07, 6.45) is 1.56. The highest BCUT2D eigenvalue weighted by Crippen LogP contribution is 2.33. The van der Waals surface area contributed by atoms with Gasteiger partial charge in [0.15, 0.2) is 17.2 Å². The first-order valence-corrected chi connectivity index (χ1v) is 8.72. The molecular weight excluding hydrogens is 383 g/mol. The fourth-order valence-corrected chi connectivity index (χ4v) is 3.01. The van der Waals surface area contributed by atoms with E-state index in [1.165, 1.54) is 17.9 Å². The molecule has 3 rings (SSSR count). The molecule has 0 spiro atoms. The smallest absolute Gasteiger partial charge is 0.326 e. The maximum Gasteiger partial charge on any atom is 0.326 e. The third kappa shape index (κ3) is 3.94. The van der Waals surface area contributed by atoms with Crippen LogP contribution in [0.3, 0.4) is 0 Å². The van der Waals surface area contributed by atoms with Crippen LogP contribution in [0.25, 0.3) is 0 Å². The third-order valence-corrected chi connectivity index (χ3v) is 4.60. The summed E-state index contributed by atoms with van der Waals surface area (Å²) in [4.78, 5) is 25.2. The summed E-state index contributed by atoms with van der Waals surface area (Å²) >= 11 is 12.1. The van der Waals surface area contributed by atoms with Crippen LogP contribution in [0.4, 0.5) is 0 Å². The highest BCUT2D eigenvalue weighted by atomic mass is 35.5. The number of ether oxygens (including phenoxy) is 1. The zero-order chi connectivity index (χ0) is 18.8. The third-order valence-electron chi connectivity index (χ3n) is 4.01. The van der Waals surface area contributed by atoms with E-state index >= 15 is 0 Å². The molecular formula is C17H16Cl2N2O5. The number of carbonyl (C=O) groups is 2. The number of rotatable bonds is 7. The van der Waals surface area contributed by atoms with E-state index in [-0.39, 0.29) is 18.3 Å². The Hall–Kier alpha value is -2.25. The fourth-order valence-electron chi connectivity index (χ4n) is 2.51. The second-order valence-electron chi connectivity index (χ2n) is 5.98. The zero-order valence-corrected chi connectivity index (χ0v) is 15.3. The highest BCUT2D eigenvalue weighted by Gasteiger charge is 2.39. The molecule has 26 heavy (non-hydrogen) atoms. The lowest BCUT2D eigenvalue weighted by Crippen LogP contribution is -2.44. The first kappa shape index (κ1) is 18.5. The normalized spacial score (nSPS) is 14.7. The van der Waals surface area contributed by atoms with Gasteiger partial charge in [0, 0.05) is 12.1 Å². The van der Waals surface area contributed by atoms with Gasteiger partial charge < -0.3 is 19.3 Å². The van der Waals surface area contributed by atoms with Crippen molar-refractivity contribution in [3.05, 3.63) is 45.8 Å². The Morgan fingerprint density at radius 2 is 2.04 bits per heavy atom. The molecule has 0 bridgehead atoms. The molecule has 0 radical (unpaired) electrons. The van der Waals surface area contributed by atoms with Gasteiger partial charge in [-0.25, -0.2) is 4.79 Å². The van der Waals surface area contributed by atoms with E-state index in [1.807, 2.05) is 0 Å². The summed E-state index contributed by atoms with van der Waals surface area (Å²) in [7, 11) is 0. The lowest BCUT2D eigenvalue weighted by molar-refractivity contribution is -0.141. The molecule has 7 nitrogen and oxygen atoms in total. The van der Waals surface area contributed by atoms with E-state index in [4.69, 9.17) is 32.5 Å². The minimum Gasteiger partial charge on any atom is -0.482 e. The average Bonchev–Trinajstić information content (AvgIpc) is 3.31. The topological polar surface area (TPSA) is 92.9 Å². The van der Waals surface area contributed by atoms with Gasteiger partial charge in [0.05, 0.1) is 10.0 Å². The molecule has 1 aromatic heterocycles. The molecule has 1 amide bonds. The maximum atomic E-state index is 12.6. The van der Waals surface area contributed by atoms with Crippen LogP contribution in [-0.2, 0) is 11.4 Å². The van der Waals surface area contributed by atoms with Crippen molar-refractivity contribution in [2.24, 2.45) is 0 Å². The number of amides is 1. The number of nitrogens with zero attached hydrogens (tertiary/aromatic N) is 2. The number of benzene rings is 1. The van der Waals surface area contributed by atoms with Crippen LogP contribution < -0.4 is 4.74 Å². The molecule has 0 aliphatic heterocycles. The highest BCUT2D eigenvalue weighted by molar-refractivity contribution is 6.37. The molecule has 1 N–H and O–H groups in total. The Kier molecular flexibility index (Phi) is 5.38. The van der Waals surface area contributed by atoms with Gasteiger partial charge in [-0.2, -0.15) is 0 Å². The van der Waals surface area contributed by atoms with Crippen LogP contribution >= 0.6 is 23.2 Å². The second kappa shape index (κ2) is 7.55. The number of aromatic nitrogens is 1. The minimum absolute atomic E-state index is 0.0261. The monoisotopic (exact) mass is 398 g/mol. The first-order chi connectivity index (χ1) is 12.4. The number of carbonyl (C=O) groups excluding carboxylic acids is 1. The summed E-state index contributed by atoms with van der Waals surface area (Å²) in [5.41, 5.74) is 0.0360. The van der Waals surface area contributed by atoms with E-state index in [0.717, 1.165) is 12.8 Å². The van der Waals surface area contributed by atoms with E-state index in [0.29, 0.717) is 21.6 Å². The number of para-hydroxylation sites is 1. The number of carboxylic acids is 1. The minimum atomic E-state index is -1.06. The summed E-state index contributed by atoms with van der Waals surface area (Å²) in [6.45, 7) is 1.45. The number of halogens is 2. The summed E-state index contributed by atoms with van der Waals surface area (Å²) in [5.74, 6) is -0.943. The molecule has 138 valence electrons. The van der Waals surface area contributed by atoms with Crippen LogP contribution in [-0.4, -0.2) is 39.1 Å². The van der Waals surface area contributed by atoms with E-state index < -0.39 is 17.9 Å².